The summed E-state index contributed by atoms with van der Waals surface area (Å²) >= 11 is 0. The second-order valence-corrected chi connectivity index (χ2v) is 6.57. The van der Waals surface area contributed by atoms with Gasteiger partial charge in [-0.05, 0) is 30.7 Å². The van der Waals surface area contributed by atoms with Crippen LogP contribution in [0.25, 0.3) is 10.8 Å². The smallest absolute Gasteiger partial charge is 0.261 e. The number of hydrogen-bond donors (Lipinski definition) is 1. The molecule has 0 unspecified atom stereocenters. The minimum Gasteiger partial charge on any atom is -0.490 e. The normalized spacial score (nSPS) is 17.5. The molecule has 2 amide bonds. The lowest BCUT2D eigenvalue weighted by Gasteiger charge is -2.28. The zero-order valence-electron chi connectivity index (χ0n) is 15.7. The van der Waals surface area contributed by atoms with Crippen molar-refractivity contribution in [1.29, 1.82) is 0 Å². The molecule has 4 rings (SSSR count). The van der Waals surface area contributed by atoms with Crippen LogP contribution >= 0.6 is 0 Å². The highest BCUT2D eigenvalue weighted by molar-refractivity contribution is 6.26. The van der Waals surface area contributed by atoms with Gasteiger partial charge in [0, 0.05) is 23.1 Å². The molecule has 0 fully saturated rings. The summed E-state index contributed by atoms with van der Waals surface area (Å²) in [5.74, 6) is 0.528. The van der Waals surface area contributed by atoms with Crippen LogP contribution in [0.4, 0.5) is 0 Å². The molecule has 8 nitrogen and oxygen atoms in total. The van der Waals surface area contributed by atoms with Crippen molar-refractivity contribution in [3.05, 3.63) is 35.4 Å². The van der Waals surface area contributed by atoms with Gasteiger partial charge in [0.25, 0.3) is 11.8 Å². The molecule has 2 aliphatic heterocycles. The van der Waals surface area contributed by atoms with Gasteiger partial charge in [-0.15, -0.1) is 0 Å². The molecule has 0 radical (unpaired) electrons. The molecule has 8 heteroatoms. The Balaban J connectivity index is 1.84. The van der Waals surface area contributed by atoms with Gasteiger partial charge in [0.05, 0.1) is 5.39 Å². The van der Waals surface area contributed by atoms with Gasteiger partial charge in [-0.3, -0.25) is 24.2 Å². The van der Waals surface area contributed by atoms with E-state index in [0.717, 1.165) is 12.8 Å². The third-order valence-corrected chi connectivity index (χ3v) is 4.77. The zero-order chi connectivity index (χ0) is 19.5. The van der Waals surface area contributed by atoms with Crippen LogP contribution in [0.2, 0.25) is 0 Å². The molecular formula is C20H22N2O6. The number of carbonyl (C=O) groups excluding carboxylic acids is 2. The Labute approximate surface area is 162 Å². The number of nitrogens with one attached hydrogen (secondary N) is 1. The lowest BCUT2D eigenvalue weighted by Crippen LogP contribution is -2.40. The first-order valence-electron chi connectivity index (χ1n) is 9.42. The molecule has 2 aromatic rings. The van der Waals surface area contributed by atoms with Crippen LogP contribution in [0, 0.1) is 0 Å². The first-order valence-corrected chi connectivity index (χ1v) is 9.42. The Morgan fingerprint density at radius 1 is 0.857 bits per heavy atom. The molecule has 1 N–H and O–H groups in total. The number of ether oxygens (including phenoxy) is 2. The lowest BCUT2D eigenvalue weighted by molar-refractivity contribution is -0.177. The van der Waals surface area contributed by atoms with Gasteiger partial charge in [-0.1, -0.05) is 19.0 Å². The summed E-state index contributed by atoms with van der Waals surface area (Å²) in [6.45, 7) is 3.49. The SMILES string of the molecule is CCCCN1C(=O)c2ccc3c4c(ccc(c24)C1=O)OCCONOCCO3. The van der Waals surface area contributed by atoms with Crippen molar-refractivity contribution in [1.82, 2.24) is 10.5 Å². The van der Waals surface area contributed by atoms with Crippen LogP contribution in [0.5, 0.6) is 11.5 Å². The molecule has 0 spiro atoms. The Hall–Kier alpha value is -2.68. The van der Waals surface area contributed by atoms with Crippen molar-refractivity contribution >= 4 is 22.6 Å². The summed E-state index contributed by atoms with van der Waals surface area (Å²) in [5, 5.41) is 1.20. The van der Waals surface area contributed by atoms with Crippen molar-refractivity contribution in [3.63, 3.8) is 0 Å². The molecule has 0 bridgehead atoms. The van der Waals surface area contributed by atoms with Gasteiger partial charge in [0.15, 0.2) is 0 Å². The predicted octanol–water partition coefficient (Wildman–Crippen LogP) is 2.46. The van der Waals surface area contributed by atoms with E-state index in [1.165, 1.54) is 4.90 Å². The highest BCUT2D eigenvalue weighted by Gasteiger charge is 2.34. The number of benzene rings is 2. The van der Waals surface area contributed by atoms with Crippen molar-refractivity contribution in [2.24, 2.45) is 0 Å². The summed E-state index contributed by atoms with van der Waals surface area (Å²) in [6.07, 6.45) is 1.67. The number of unbranched alkanes of at least 4 members (excludes halogenated alkanes) is 1. The van der Waals surface area contributed by atoms with E-state index < -0.39 is 0 Å². The van der Waals surface area contributed by atoms with Crippen LogP contribution in [-0.4, -0.2) is 49.7 Å². The fourth-order valence-electron chi connectivity index (χ4n) is 3.44. The lowest BCUT2D eigenvalue weighted by atomic mass is 9.92. The van der Waals surface area contributed by atoms with E-state index in [4.69, 9.17) is 19.1 Å². The van der Waals surface area contributed by atoms with Crippen molar-refractivity contribution in [3.8, 4) is 11.5 Å². The van der Waals surface area contributed by atoms with E-state index >= 15 is 0 Å². The van der Waals surface area contributed by atoms with E-state index in [0.29, 0.717) is 39.9 Å². The molecule has 148 valence electrons. The zero-order valence-corrected chi connectivity index (χ0v) is 15.7. The van der Waals surface area contributed by atoms with Gasteiger partial charge in [-0.2, -0.15) is 0 Å². The van der Waals surface area contributed by atoms with E-state index in [1.54, 1.807) is 24.3 Å². The topological polar surface area (TPSA) is 86.3 Å². The van der Waals surface area contributed by atoms with Crippen LogP contribution in [-0.2, 0) is 9.68 Å². The van der Waals surface area contributed by atoms with Gasteiger partial charge < -0.3 is 9.47 Å². The standard InChI is InChI=1S/C20H22N2O6/c1-2-3-8-22-19(23)13-4-6-15-18-16(7-5-14(17(13)18)20(22)24)26-10-12-28-21-27-11-9-25-15/h4-7,21H,2-3,8-12H2,1H3. The van der Waals surface area contributed by atoms with Gasteiger partial charge in [0.1, 0.15) is 37.9 Å². The first kappa shape index (κ1) is 18.7. The molecule has 0 aromatic heterocycles. The largest absolute Gasteiger partial charge is 0.490 e. The highest BCUT2D eigenvalue weighted by Crippen LogP contribution is 2.41. The summed E-state index contributed by atoms with van der Waals surface area (Å²) in [4.78, 5) is 37.5. The van der Waals surface area contributed by atoms with Crippen LogP contribution < -0.4 is 15.1 Å². The van der Waals surface area contributed by atoms with E-state index in [-0.39, 0.29) is 38.2 Å². The van der Waals surface area contributed by atoms with Gasteiger partial charge in [-0.25, -0.2) is 0 Å². The van der Waals surface area contributed by atoms with Gasteiger partial charge >= 0.3 is 0 Å². The predicted molar refractivity (Wildman–Crippen MR) is 100 cm³/mol. The maximum Gasteiger partial charge on any atom is 0.261 e. The Morgan fingerprint density at radius 3 is 1.96 bits per heavy atom. The average molecular weight is 386 g/mol. The third-order valence-electron chi connectivity index (χ3n) is 4.77. The molecule has 2 aliphatic rings. The summed E-state index contributed by atoms with van der Waals surface area (Å²) in [7, 11) is 0. The summed E-state index contributed by atoms with van der Waals surface area (Å²) < 4.78 is 11.7. The van der Waals surface area contributed by atoms with Gasteiger partial charge in [0.2, 0.25) is 0 Å². The Kier molecular flexibility index (Phi) is 5.43. The molecule has 0 saturated heterocycles. The highest BCUT2D eigenvalue weighted by atomic mass is 16.9. The van der Waals surface area contributed by atoms with Crippen LogP contribution in [0.3, 0.4) is 0 Å². The van der Waals surface area contributed by atoms with Crippen molar-refractivity contribution in [2.45, 2.75) is 19.8 Å². The summed E-state index contributed by atoms with van der Waals surface area (Å²) in [5.41, 5.74) is 3.34. The van der Waals surface area contributed by atoms with Crippen LogP contribution in [0.15, 0.2) is 24.3 Å². The number of hydrogen-bond acceptors (Lipinski definition) is 7. The van der Waals surface area contributed by atoms with Crippen molar-refractivity contribution in [2.75, 3.05) is 33.0 Å². The summed E-state index contributed by atoms with van der Waals surface area (Å²) in [6, 6.07) is 6.92. The number of amides is 2. The number of nitrogens with zero attached hydrogens (tertiary/aromatic N) is 1. The minimum atomic E-state index is -0.281. The Bertz CT molecular complexity index is 848. The van der Waals surface area contributed by atoms with Crippen LogP contribution in [0.1, 0.15) is 40.5 Å². The molecule has 0 atom stereocenters. The van der Waals surface area contributed by atoms with E-state index in [2.05, 4.69) is 5.64 Å². The fraction of sp³-hybridized carbons (Fsp3) is 0.400. The molecule has 28 heavy (non-hydrogen) atoms. The monoisotopic (exact) mass is 386 g/mol. The van der Waals surface area contributed by atoms with E-state index in [9.17, 15) is 9.59 Å². The fourth-order valence-corrected chi connectivity index (χ4v) is 3.44. The number of rotatable bonds is 3. The molecule has 0 aliphatic carbocycles. The minimum absolute atomic E-state index is 0.263. The van der Waals surface area contributed by atoms with E-state index in [1.807, 2.05) is 6.92 Å². The second kappa shape index (κ2) is 8.14. The maximum absolute atomic E-state index is 13.0. The quantitative estimate of drug-likeness (QED) is 0.811. The number of carbonyl (C=O) groups is 2. The first-order chi connectivity index (χ1) is 13.7. The van der Waals surface area contributed by atoms with Crippen molar-refractivity contribution < 1.29 is 28.7 Å². The molecule has 0 saturated carbocycles. The molecule has 2 heterocycles. The molecular weight excluding hydrogens is 364 g/mol. The maximum atomic E-state index is 13.0. The Morgan fingerprint density at radius 2 is 1.43 bits per heavy atom. The second-order valence-electron chi connectivity index (χ2n) is 6.57. The average Bonchev–Trinajstić information content (AvgIpc) is 2.70. The molecule has 2 aromatic carbocycles. The number of imide groups is 1. The third kappa shape index (κ3) is 3.30.